The summed E-state index contributed by atoms with van der Waals surface area (Å²) in [6.07, 6.45) is 3.49. The van der Waals surface area contributed by atoms with E-state index in [2.05, 4.69) is 14.9 Å². The van der Waals surface area contributed by atoms with E-state index < -0.39 is 11.9 Å². The maximum absolute atomic E-state index is 11.6. The number of aromatic amines is 1. The summed E-state index contributed by atoms with van der Waals surface area (Å²) in [5.74, 6) is 0.404. The van der Waals surface area contributed by atoms with Crippen LogP contribution in [0, 0.1) is 5.92 Å². The van der Waals surface area contributed by atoms with Gasteiger partial charge in [0.1, 0.15) is 11.6 Å². The van der Waals surface area contributed by atoms with Gasteiger partial charge in [-0.3, -0.25) is 9.69 Å². The Balaban J connectivity index is 1.80. The molecule has 1 aliphatic rings. The third-order valence-corrected chi connectivity index (χ3v) is 4.16. The molecule has 0 spiro atoms. The minimum Gasteiger partial charge on any atom is -0.497 e. The van der Waals surface area contributed by atoms with Crippen LogP contribution < -0.4 is 4.74 Å². The minimum absolute atomic E-state index is 0.0393. The van der Waals surface area contributed by atoms with Gasteiger partial charge in [-0.15, -0.1) is 0 Å². The molecular weight excluding hydrogens is 282 g/mol. The van der Waals surface area contributed by atoms with Crippen LogP contribution in [0.3, 0.4) is 0 Å². The maximum atomic E-state index is 11.6. The Kier molecular flexibility index (Phi) is 4.11. The largest absolute Gasteiger partial charge is 0.497 e. The number of hydrogen-bond acceptors (Lipinski definition) is 4. The smallest absolute Gasteiger partial charge is 0.308 e. The number of nitrogens with one attached hydrogen (secondary N) is 1. The van der Waals surface area contributed by atoms with Gasteiger partial charge in [0, 0.05) is 31.4 Å². The van der Waals surface area contributed by atoms with Crippen molar-refractivity contribution in [1.29, 1.82) is 0 Å². The van der Waals surface area contributed by atoms with Crippen molar-refractivity contribution in [3.63, 3.8) is 0 Å². The van der Waals surface area contributed by atoms with Crippen LogP contribution in [0.5, 0.6) is 5.75 Å². The fraction of sp³-hybridized carbons (Fsp3) is 0.375. The van der Waals surface area contributed by atoms with Gasteiger partial charge in [-0.2, -0.15) is 0 Å². The van der Waals surface area contributed by atoms with E-state index in [1.54, 1.807) is 19.5 Å². The number of ether oxygens (including phenoxy) is 1. The van der Waals surface area contributed by atoms with Crippen LogP contribution in [0.1, 0.15) is 17.3 Å². The molecule has 1 aromatic carbocycles. The number of nitrogens with zero attached hydrogens (tertiary/aromatic N) is 2. The highest BCUT2D eigenvalue weighted by atomic mass is 16.5. The Morgan fingerprint density at radius 1 is 1.50 bits per heavy atom. The van der Waals surface area contributed by atoms with Gasteiger partial charge in [0.15, 0.2) is 0 Å². The quantitative estimate of drug-likeness (QED) is 0.879. The predicted octanol–water partition coefficient (Wildman–Crippen LogP) is 1.72. The van der Waals surface area contributed by atoms with E-state index in [1.165, 1.54) is 0 Å². The molecule has 1 saturated heterocycles. The van der Waals surface area contributed by atoms with E-state index in [0.29, 0.717) is 19.6 Å². The average Bonchev–Trinajstić information content (AvgIpc) is 3.17. The Hall–Kier alpha value is -2.34. The lowest BCUT2D eigenvalue weighted by Crippen LogP contribution is -2.23. The van der Waals surface area contributed by atoms with Gasteiger partial charge in [-0.1, -0.05) is 12.1 Å². The van der Waals surface area contributed by atoms with Crippen molar-refractivity contribution in [2.24, 2.45) is 5.92 Å². The van der Waals surface area contributed by atoms with Gasteiger partial charge in [-0.25, -0.2) is 4.98 Å². The van der Waals surface area contributed by atoms with Crippen LogP contribution in [-0.4, -0.2) is 46.1 Å². The van der Waals surface area contributed by atoms with Crippen molar-refractivity contribution in [2.45, 2.75) is 12.5 Å². The van der Waals surface area contributed by atoms with E-state index in [-0.39, 0.29) is 5.92 Å². The first-order valence-electron chi connectivity index (χ1n) is 7.24. The number of likely N-dealkylation sites (tertiary alicyclic amines) is 1. The molecule has 0 saturated carbocycles. The molecule has 3 rings (SSSR count). The number of aromatic nitrogens is 2. The Labute approximate surface area is 128 Å². The molecule has 1 fully saturated rings. The fourth-order valence-electron chi connectivity index (χ4n) is 3.07. The summed E-state index contributed by atoms with van der Waals surface area (Å²) in [5.41, 5.74) is 1.01. The molecule has 0 bridgehead atoms. The van der Waals surface area contributed by atoms with Gasteiger partial charge in [0.05, 0.1) is 19.6 Å². The normalized spacial score (nSPS) is 21.9. The van der Waals surface area contributed by atoms with Crippen LogP contribution in [0.2, 0.25) is 0 Å². The number of H-pyrrole nitrogens is 1. The van der Waals surface area contributed by atoms with Crippen LogP contribution in [0.25, 0.3) is 0 Å². The summed E-state index contributed by atoms with van der Waals surface area (Å²) >= 11 is 0. The predicted molar refractivity (Wildman–Crippen MR) is 80.7 cm³/mol. The molecule has 0 radical (unpaired) electrons. The lowest BCUT2D eigenvalue weighted by atomic mass is 9.89. The second-order valence-electron chi connectivity index (χ2n) is 5.56. The highest BCUT2D eigenvalue weighted by molar-refractivity contribution is 5.72. The van der Waals surface area contributed by atoms with Crippen LogP contribution >= 0.6 is 0 Å². The van der Waals surface area contributed by atoms with Gasteiger partial charge in [-0.05, 0) is 17.7 Å². The van der Waals surface area contributed by atoms with Gasteiger partial charge < -0.3 is 14.8 Å². The molecule has 2 N–H and O–H groups in total. The summed E-state index contributed by atoms with van der Waals surface area (Å²) in [5, 5.41) is 9.53. The number of carbonyl (C=O) groups is 1. The second-order valence-corrected chi connectivity index (χ2v) is 5.56. The molecule has 0 unspecified atom stereocenters. The van der Waals surface area contributed by atoms with Crippen molar-refractivity contribution < 1.29 is 14.6 Å². The zero-order valence-electron chi connectivity index (χ0n) is 12.4. The molecule has 2 aromatic rings. The van der Waals surface area contributed by atoms with E-state index in [0.717, 1.165) is 17.1 Å². The first-order valence-corrected chi connectivity index (χ1v) is 7.24. The van der Waals surface area contributed by atoms with Crippen LogP contribution in [-0.2, 0) is 11.3 Å². The van der Waals surface area contributed by atoms with Crippen molar-refractivity contribution in [3.8, 4) is 5.75 Å². The number of imidazole rings is 1. The summed E-state index contributed by atoms with van der Waals surface area (Å²) < 4.78 is 5.25. The van der Waals surface area contributed by atoms with E-state index in [1.807, 2.05) is 24.3 Å². The highest BCUT2D eigenvalue weighted by Gasteiger charge is 2.38. The fourth-order valence-corrected chi connectivity index (χ4v) is 3.07. The number of benzene rings is 1. The lowest BCUT2D eigenvalue weighted by molar-refractivity contribution is -0.141. The Bertz CT molecular complexity index is 642. The minimum atomic E-state index is -0.755. The molecule has 6 heteroatoms. The summed E-state index contributed by atoms with van der Waals surface area (Å²) in [4.78, 5) is 21.0. The number of methoxy groups -OCH3 is 1. The third kappa shape index (κ3) is 2.96. The maximum Gasteiger partial charge on any atom is 0.308 e. The monoisotopic (exact) mass is 301 g/mol. The van der Waals surface area contributed by atoms with Crippen molar-refractivity contribution >= 4 is 5.97 Å². The molecule has 2 heterocycles. The Morgan fingerprint density at radius 3 is 3.05 bits per heavy atom. The van der Waals surface area contributed by atoms with Gasteiger partial charge in [0.2, 0.25) is 0 Å². The average molecular weight is 301 g/mol. The molecule has 1 aromatic heterocycles. The second kappa shape index (κ2) is 6.19. The molecule has 0 amide bonds. The number of carboxylic acid groups (broad SMARTS) is 1. The van der Waals surface area contributed by atoms with E-state index in [4.69, 9.17) is 4.74 Å². The first-order chi connectivity index (χ1) is 10.7. The number of carboxylic acids is 1. The summed E-state index contributed by atoms with van der Waals surface area (Å²) in [6.45, 7) is 1.86. The Morgan fingerprint density at radius 2 is 2.36 bits per heavy atom. The molecule has 0 aliphatic carbocycles. The molecule has 6 nitrogen and oxygen atoms in total. The van der Waals surface area contributed by atoms with Crippen molar-refractivity contribution in [3.05, 3.63) is 48.0 Å². The number of aliphatic carboxylic acids is 1. The van der Waals surface area contributed by atoms with Crippen LogP contribution in [0.4, 0.5) is 0 Å². The SMILES string of the molecule is COc1cccc([C@@H]2CN(Cc3ncc[nH]3)C[C@H]2C(=O)O)c1. The zero-order valence-corrected chi connectivity index (χ0v) is 12.4. The molecule has 2 atom stereocenters. The first kappa shape index (κ1) is 14.6. The molecule has 116 valence electrons. The number of rotatable bonds is 5. The van der Waals surface area contributed by atoms with Crippen LogP contribution in [0.15, 0.2) is 36.7 Å². The van der Waals surface area contributed by atoms with Crippen molar-refractivity contribution in [2.75, 3.05) is 20.2 Å². The van der Waals surface area contributed by atoms with Crippen molar-refractivity contribution in [1.82, 2.24) is 14.9 Å². The topological polar surface area (TPSA) is 78.5 Å². The molecule has 22 heavy (non-hydrogen) atoms. The standard InChI is InChI=1S/C16H19N3O3/c1-22-12-4-2-3-11(7-12)13-8-19(9-14(13)16(20)21)10-15-17-5-6-18-15/h2-7,13-14H,8-10H2,1H3,(H,17,18)(H,20,21)/t13-,14+/m0/s1. The molecule has 1 aliphatic heterocycles. The van der Waals surface area contributed by atoms with E-state index in [9.17, 15) is 9.90 Å². The third-order valence-electron chi connectivity index (χ3n) is 4.16. The molecular formula is C16H19N3O3. The van der Waals surface area contributed by atoms with Gasteiger partial charge in [0.25, 0.3) is 0 Å². The van der Waals surface area contributed by atoms with Gasteiger partial charge >= 0.3 is 5.97 Å². The van der Waals surface area contributed by atoms with E-state index >= 15 is 0 Å². The number of hydrogen-bond donors (Lipinski definition) is 2. The summed E-state index contributed by atoms with van der Waals surface area (Å²) in [6, 6.07) is 7.67. The summed E-state index contributed by atoms with van der Waals surface area (Å²) in [7, 11) is 1.62. The lowest BCUT2D eigenvalue weighted by Gasteiger charge is -2.16. The zero-order chi connectivity index (χ0) is 15.5. The highest BCUT2D eigenvalue weighted by Crippen LogP contribution is 2.34.